The Morgan fingerprint density at radius 1 is 1.21 bits per heavy atom. The number of thiazole rings is 1. The van der Waals surface area contributed by atoms with Crippen molar-refractivity contribution in [1.29, 1.82) is 0 Å². The van der Waals surface area contributed by atoms with Gasteiger partial charge < -0.3 is 4.74 Å². The molecule has 2 aromatic heterocycles. The second-order valence-corrected chi connectivity index (χ2v) is 7.69. The lowest BCUT2D eigenvalue weighted by Crippen LogP contribution is -2.23. The zero-order valence-electron chi connectivity index (χ0n) is 14.3. The van der Waals surface area contributed by atoms with Gasteiger partial charge >= 0.3 is 5.97 Å². The molecule has 0 aliphatic carbocycles. The summed E-state index contributed by atoms with van der Waals surface area (Å²) in [6.07, 6.45) is 1.70. The van der Waals surface area contributed by atoms with Crippen molar-refractivity contribution in [2.24, 2.45) is 0 Å². The molecule has 4 rings (SSSR count). The molecule has 0 atom stereocenters. The molecule has 0 radical (unpaired) electrons. The van der Waals surface area contributed by atoms with Crippen molar-refractivity contribution in [3.05, 3.63) is 73.0 Å². The third-order valence-corrected chi connectivity index (χ3v) is 5.28. The molecule has 140 valence electrons. The Balaban J connectivity index is 1.75. The second kappa shape index (κ2) is 7.35. The van der Waals surface area contributed by atoms with Gasteiger partial charge in [-0.15, -0.1) is 5.10 Å². The number of carbonyl (C=O) groups is 1. The Bertz CT molecular complexity index is 1330. The number of benzene rings is 2. The van der Waals surface area contributed by atoms with E-state index in [4.69, 9.17) is 27.9 Å². The van der Waals surface area contributed by atoms with Gasteiger partial charge in [0.15, 0.2) is 5.82 Å². The normalized spacial score (nSPS) is 11.9. The summed E-state index contributed by atoms with van der Waals surface area (Å²) >= 11 is 13.3. The van der Waals surface area contributed by atoms with Crippen LogP contribution in [0.15, 0.2) is 47.3 Å². The fourth-order valence-corrected chi connectivity index (χ4v) is 4.00. The minimum Gasteiger partial charge on any atom is -0.427 e. The summed E-state index contributed by atoms with van der Waals surface area (Å²) in [5, 5.41) is 5.19. The summed E-state index contributed by atoms with van der Waals surface area (Å²) in [5.41, 5.74) is 1.03. The smallest absolute Gasteiger partial charge is 0.308 e. The van der Waals surface area contributed by atoms with Crippen LogP contribution < -0.4 is 14.8 Å². The molecule has 0 spiro atoms. The molecule has 28 heavy (non-hydrogen) atoms. The lowest BCUT2D eigenvalue weighted by atomic mass is 10.2. The highest BCUT2D eigenvalue weighted by molar-refractivity contribution is 7.15. The fraction of sp³-hybridized carbons (Fsp3) is 0.0526. The Morgan fingerprint density at radius 2 is 2.04 bits per heavy atom. The number of halogens is 2. The van der Waals surface area contributed by atoms with Crippen LogP contribution in [0, 0.1) is 0 Å². The fourth-order valence-electron chi connectivity index (χ4n) is 2.60. The molecule has 4 aromatic rings. The molecular weight excluding hydrogens is 421 g/mol. The van der Waals surface area contributed by atoms with Crippen LogP contribution in [-0.4, -0.2) is 20.6 Å². The van der Waals surface area contributed by atoms with E-state index < -0.39 is 5.97 Å². The highest BCUT2D eigenvalue weighted by atomic mass is 35.5. The molecule has 0 saturated carbocycles. The summed E-state index contributed by atoms with van der Waals surface area (Å²) in [5.74, 6) is 0.357. The first-order valence-corrected chi connectivity index (χ1v) is 9.63. The van der Waals surface area contributed by atoms with Gasteiger partial charge in [-0.3, -0.25) is 9.59 Å². The molecule has 6 nitrogen and oxygen atoms in total. The van der Waals surface area contributed by atoms with Gasteiger partial charge in [0.2, 0.25) is 4.96 Å². The minimum absolute atomic E-state index is 0.290. The van der Waals surface area contributed by atoms with Gasteiger partial charge in [0.05, 0.1) is 9.55 Å². The maximum atomic E-state index is 12.7. The third kappa shape index (κ3) is 3.64. The average molecular weight is 432 g/mol. The van der Waals surface area contributed by atoms with Crippen molar-refractivity contribution in [2.45, 2.75) is 6.92 Å². The molecule has 9 heteroatoms. The van der Waals surface area contributed by atoms with Crippen molar-refractivity contribution in [1.82, 2.24) is 14.6 Å². The average Bonchev–Trinajstić information content (AvgIpc) is 3.15. The van der Waals surface area contributed by atoms with E-state index in [1.54, 1.807) is 48.5 Å². The highest BCUT2D eigenvalue weighted by Gasteiger charge is 2.14. The lowest BCUT2D eigenvalue weighted by molar-refractivity contribution is -0.131. The number of rotatable bonds is 3. The van der Waals surface area contributed by atoms with E-state index >= 15 is 0 Å². The second-order valence-electron chi connectivity index (χ2n) is 5.84. The summed E-state index contributed by atoms with van der Waals surface area (Å²) in [4.78, 5) is 28.6. The molecule has 0 N–H and O–H groups in total. The first kappa shape index (κ1) is 18.6. The number of ether oxygens (including phenoxy) is 1. The maximum absolute atomic E-state index is 12.7. The van der Waals surface area contributed by atoms with Crippen LogP contribution in [0.5, 0.6) is 5.75 Å². The van der Waals surface area contributed by atoms with Crippen LogP contribution in [0.1, 0.15) is 12.5 Å². The number of esters is 1. The molecule has 0 fully saturated rings. The summed E-state index contributed by atoms with van der Waals surface area (Å²) in [7, 11) is 0. The number of fused-ring (bicyclic) bond motifs is 1. The zero-order chi connectivity index (χ0) is 19.8. The maximum Gasteiger partial charge on any atom is 0.308 e. The van der Waals surface area contributed by atoms with Gasteiger partial charge in [-0.1, -0.05) is 46.7 Å². The predicted octanol–water partition coefficient (Wildman–Crippen LogP) is 3.60. The van der Waals surface area contributed by atoms with E-state index in [1.165, 1.54) is 22.8 Å². The monoisotopic (exact) mass is 431 g/mol. The van der Waals surface area contributed by atoms with Crippen molar-refractivity contribution < 1.29 is 9.53 Å². The van der Waals surface area contributed by atoms with Crippen LogP contribution in [0.2, 0.25) is 10.0 Å². The zero-order valence-corrected chi connectivity index (χ0v) is 16.7. The topological polar surface area (TPSA) is 73.6 Å². The quantitative estimate of drug-likeness (QED) is 0.366. The number of carbonyl (C=O) groups excluding carboxylic acids is 1. The van der Waals surface area contributed by atoms with Gasteiger partial charge in [-0.05, 0) is 42.0 Å². The van der Waals surface area contributed by atoms with E-state index in [9.17, 15) is 9.59 Å². The van der Waals surface area contributed by atoms with Crippen molar-refractivity contribution in [3.8, 4) is 17.1 Å². The molecule has 2 heterocycles. The molecule has 0 aliphatic rings. The standard InChI is InChI=1S/C19H11Cl2N3O3S/c1-10(25)27-13-4-2-3-11(7-13)8-16-18(26)24-19(28-16)22-17(23-24)14-6-5-12(20)9-15(14)21/h2-9H,1H3. The number of nitrogens with zero attached hydrogens (tertiary/aromatic N) is 3. The number of hydrogen-bond acceptors (Lipinski definition) is 6. The SMILES string of the molecule is CC(=O)Oc1cccc(C=c2sc3nc(-c4ccc(Cl)cc4Cl)nn3c2=O)c1. The van der Waals surface area contributed by atoms with Crippen LogP contribution >= 0.6 is 34.5 Å². The van der Waals surface area contributed by atoms with Crippen LogP contribution in [0.25, 0.3) is 22.4 Å². The molecule has 0 aliphatic heterocycles. The number of aromatic nitrogens is 3. The molecule has 0 amide bonds. The van der Waals surface area contributed by atoms with E-state index in [1.807, 2.05) is 0 Å². The van der Waals surface area contributed by atoms with Crippen molar-refractivity contribution >= 4 is 51.5 Å². The Hall–Kier alpha value is -2.74. The first-order valence-electron chi connectivity index (χ1n) is 8.06. The number of hydrogen-bond donors (Lipinski definition) is 0. The lowest BCUT2D eigenvalue weighted by Gasteiger charge is -2.01. The van der Waals surface area contributed by atoms with Gasteiger partial charge in [-0.25, -0.2) is 0 Å². The molecule has 0 bridgehead atoms. The van der Waals surface area contributed by atoms with E-state index in [2.05, 4.69) is 10.1 Å². The Kier molecular flexibility index (Phi) is 4.89. The van der Waals surface area contributed by atoms with E-state index in [0.717, 1.165) is 5.56 Å². The largest absolute Gasteiger partial charge is 0.427 e. The molecule has 0 unspecified atom stereocenters. The molecule has 2 aromatic carbocycles. The van der Waals surface area contributed by atoms with Crippen LogP contribution in [0.4, 0.5) is 0 Å². The van der Waals surface area contributed by atoms with Crippen LogP contribution in [-0.2, 0) is 4.79 Å². The highest BCUT2D eigenvalue weighted by Crippen LogP contribution is 2.28. The van der Waals surface area contributed by atoms with Gasteiger partial charge in [-0.2, -0.15) is 9.50 Å². The molecular formula is C19H11Cl2N3O3S. The minimum atomic E-state index is -0.408. The summed E-state index contributed by atoms with van der Waals surface area (Å²) < 4.78 is 6.77. The first-order chi connectivity index (χ1) is 13.4. The van der Waals surface area contributed by atoms with E-state index in [0.29, 0.717) is 36.7 Å². The van der Waals surface area contributed by atoms with E-state index in [-0.39, 0.29) is 5.56 Å². The van der Waals surface area contributed by atoms with Gasteiger partial charge in [0, 0.05) is 17.5 Å². The van der Waals surface area contributed by atoms with Crippen molar-refractivity contribution in [2.75, 3.05) is 0 Å². The third-order valence-electron chi connectivity index (χ3n) is 3.77. The van der Waals surface area contributed by atoms with Crippen LogP contribution in [0.3, 0.4) is 0 Å². The summed E-state index contributed by atoms with van der Waals surface area (Å²) in [6.45, 7) is 1.33. The summed E-state index contributed by atoms with van der Waals surface area (Å²) in [6, 6.07) is 11.9. The van der Waals surface area contributed by atoms with Gasteiger partial charge in [0.1, 0.15) is 5.75 Å². The Labute approximate surface area is 172 Å². The Morgan fingerprint density at radius 3 is 2.75 bits per heavy atom. The van der Waals surface area contributed by atoms with Crippen molar-refractivity contribution in [3.63, 3.8) is 0 Å². The predicted molar refractivity (Wildman–Crippen MR) is 109 cm³/mol. The van der Waals surface area contributed by atoms with Gasteiger partial charge in [0.25, 0.3) is 5.56 Å². The molecule has 0 saturated heterocycles.